The zero-order valence-electron chi connectivity index (χ0n) is 13.2. The zero-order valence-corrected chi connectivity index (χ0v) is 13.2. The van der Waals surface area contributed by atoms with Gasteiger partial charge in [0.2, 0.25) is 5.88 Å². The van der Waals surface area contributed by atoms with Gasteiger partial charge < -0.3 is 14.4 Å². The van der Waals surface area contributed by atoms with E-state index in [0.717, 1.165) is 19.5 Å². The minimum absolute atomic E-state index is 0.145. The molecule has 2 rings (SSSR count). The van der Waals surface area contributed by atoms with Crippen molar-refractivity contribution in [1.29, 1.82) is 0 Å². The summed E-state index contributed by atoms with van der Waals surface area (Å²) in [6, 6.07) is 3.14. The Balaban J connectivity index is 1.85. The van der Waals surface area contributed by atoms with Gasteiger partial charge in [0.15, 0.2) is 6.61 Å². The smallest absolute Gasteiger partial charge is 0.340 e. The standard InChI is InChI=1S/C16H22N2O4/c1-11-6-12(2)9-18(8-11)15(19)10-22-16(20)13-4-5-14(21-3)17-7-13/h4-5,7,11-12H,6,8-10H2,1-3H3. The number of methoxy groups -OCH3 is 1. The molecule has 0 aromatic carbocycles. The normalized spacial score (nSPS) is 21.3. The maximum atomic E-state index is 12.1. The Kier molecular flexibility index (Phi) is 5.35. The zero-order chi connectivity index (χ0) is 16.1. The fraction of sp³-hybridized carbons (Fsp3) is 0.562. The molecule has 2 atom stereocenters. The summed E-state index contributed by atoms with van der Waals surface area (Å²) in [5.41, 5.74) is 0.300. The van der Waals surface area contributed by atoms with Crippen LogP contribution in [0.3, 0.4) is 0 Å². The number of hydrogen-bond acceptors (Lipinski definition) is 5. The molecule has 0 saturated carbocycles. The second kappa shape index (κ2) is 7.24. The number of esters is 1. The number of amides is 1. The van der Waals surface area contributed by atoms with Crippen molar-refractivity contribution in [2.24, 2.45) is 11.8 Å². The Morgan fingerprint density at radius 1 is 1.27 bits per heavy atom. The highest BCUT2D eigenvalue weighted by Gasteiger charge is 2.26. The number of carbonyl (C=O) groups is 2. The molecule has 22 heavy (non-hydrogen) atoms. The summed E-state index contributed by atoms with van der Waals surface area (Å²) in [5, 5.41) is 0. The molecular formula is C16H22N2O4. The fourth-order valence-electron chi connectivity index (χ4n) is 2.79. The number of ether oxygens (including phenoxy) is 2. The summed E-state index contributed by atoms with van der Waals surface area (Å²) in [5.74, 6) is 0.683. The van der Waals surface area contributed by atoms with Gasteiger partial charge in [0, 0.05) is 25.4 Å². The fourth-order valence-corrected chi connectivity index (χ4v) is 2.79. The molecule has 0 radical (unpaired) electrons. The monoisotopic (exact) mass is 306 g/mol. The van der Waals surface area contributed by atoms with Crippen LogP contribution in [0.4, 0.5) is 0 Å². The first-order valence-corrected chi connectivity index (χ1v) is 7.44. The first-order valence-electron chi connectivity index (χ1n) is 7.44. The van der Waals surface area contributed by atoms with Crippen molar-refractivity contribution < 1.29 is 19.1 Å². The molecule has 0 aliphatic carbocycles. The molecule has 1 aromatic heterocycles. The highest BCUT2D eigenvalue weighted by atomic mass is 16.5. The molecule has 1 aliphatic heterocycles. The molecule has 120 valence electrons. The van der Waals surface area contributed by atoms with Gasteiger partial charge in [-0.05, 0) is 24.3 Å². The third-order valence-electron chi connectivity index (χ3n) is 3.73. The van der Waals surface area contributed by atoms with Crippen LogP contribution in [0, 0.1) is 11.8 Å². The Labute approximate surface area is 130 Å². The van der Waals surface area contributed by atoms with Gasteiger partial charge in [0.25, 0.3) is 5.91 Å². The van der Waals surface area contributed by atoms with E-state index >= 15 is 0 Å². The largest absolute Gasteiger partial charge is 0.481 e. The van der Waals surface area contributed by atoms with E-state index in [1.54, 1.807) is 17.0 Å². The quantitative estimate of drug-likeness (QED) is 0.793. The van der Waals surface area contributed by atoms with Gasteiger partial charge in [0.05, 0.1) is 12.7 Å². The molecule has 1 fully saturated rings. The van der Waals surface area contributed by atoms with Crippen LogP contribution in [0.5, 0.6) is 5.88 Å². The lowest BCUT2D eigenvalue weighted by molar-refractivity contribution is -0.137. The number of piperidine rings is 1. The van der Waals surface area contributed by atoms with E-state index in [9.17, 15) is 9.59 Å². The van der Waals surface area contributed by atoms with Crippen molar-refractivity contribution >= 4 is 11.9 Å². The maximum absolute atomic E-state index is 12.1. The lowest BCUT2D eigenvalue weighted by atomic mass is 9.92. The minimum Gasteiger partial charge on any atom is -0.481 e. The topological polar surface area (TPSA) is 68.7 Å². The van der Waals surface area contributed by atoms with E-state index in [1.807, 2.05) is 0 Å². The predicted octanol–water partition coefficient (Wildman–Crippen LogP) is 1.75. The van der Waals surface area contributed by atoms with Crippen molar-refractivity contribution in [1.82, 2.24) is 9.88 Å². The summed E-state index contributed by atoms with van der Waals surface area (Å²) in [6.07, 6.45) is 2.50. The van der Waals surface area contributed by atoms with E-state index in [2.05, 4.69) is 18.8 Å². The Morgan fingerprint density at radius 3 is 2.50 bits per heavy atom. The molecule has 6 nitrogen and oxygen atoms in total. The van der Waals surface area contributed by atoms with E-state index in [-0.39, 0.29) is 12.5 Å². The van der Waals surface area contributed by atoms with Crippen LogP contribution in [0.15, 0.2) is 18.3 Å². The van der Waals surface area contributed by atoms with Crippen molar-refractivity contribution in [3.05, 3.63) is 23.9 Å². The SMILES string of the molecule is COc1ccc(C(=O)OCC(=O)N2CC(C)CC(C)C2)cn1. The third kappa shape index (κ3) is 4.19. The second-order valence-corrected chi connectivity index (χ2v) is 5.91. The van der Waals surface area contributed by atoms with E-state index in [4.69, 9.17) is 9.47 Å². The van der Waals surface area contributed by atoms with Crippen molar-refractivity contribution in [3.63, 3.8) is 0 Å². The molecule has 0 bridgehead atoms. The van der Waals surface area contributed by atoms with Crippen LogP contribution < -0.4 is 4.74 Å². The van der Waals surface area contributed by atoms with Gasteiger partial charge in [0.1, 0.15) is 0 Å². The first-order chi connectivity index (χ1) is 10.5. The average Bonchev–Trinajstić information content (AvgIpc) is 2.51. The van der Waals surface area contributed by atoms with Crippen molar-refractivity contribution in [2.45, 2.75) is 20.3 Å². The van der Waals surface area contributed by atoms with Crippen LogP contribution in [-0.2, 0) is 9.53 Å². The van der Waals surface area contributed by atoms with E-state index in [0.29, 0.717) is 23.3 Å². The van der Waals surface area contributed by atoms with E-state index in [1.165, 1.54) is 13.3 Å². The number of aromatic nitrogens is 1. The Hall–Kier alpha value is -2.11. The number of pyridine rings is 1. The first kappa shape index (κ1) is 16.3. The van der Waals surface area contributed by atoms with Gasteiger partial charge >= 0.3 is 5.97 Å². The van der Waals surface area contributed by atoms with E-state index < -0.39 is 5.97 Å². The molecule has 0 spiro atoms. The number of nitrogens with zero attached hydrogens (tertiary/aromatic N) is 2. The molecule has 1 aliphatic rings. The van der Waals surface area contributed by atoms with Crippen molar-refractivity contribution in [3.8, 4) is 5.88 Å². The lowest BCUT2D eigenvalue weighted by Gasteiger charge is -2.34. The molecule has 1 saturated heterocycles. The molecule has 2 unspecified atom stereocenters. The molecular weight excluding hydrogens is 284 g/mol. The lowest BCUT2D eigenvalue weighted by Crippen LogP contribution is -2.44. The Morgan fingerprint density at radius 2 is 1.95 bits per heavy atom. The second-order valence-electron chi connectivity index (χ2n) is 5.91. The van der Waals surface area contributed by atoms with Gasteiger partial charge in [-0.15, -0.1) is 0 Å². The van der Waals surface area contributed by atoms with Crippen LogP contribution in [0.1, 0.15) is 30.6 Å². The molecule has 2 heterocycles. The van der Waals surface area contributed by atoms with Crippen LogP contribution in [0.2, 0.25) is 0 Å². The number of rotatable bonds is 4. The van der Waals surface area contributed by atoms with Gasteiger partial charge in [-0.25, -0.2) is 9.78 Å². The van der Waals surface area contributed by atoms with Crippen LogP contribution in [0.25, 0.3) is 0 Å². The number of hydrogen-bond donors (Lipinski definition) is 0. The summed E-state index contributed by atoms with van der Waals surface area (Å²) >= 11 is 0. The Bertz CT molecular complexity index is 519. The number of likely N-dealkylation sites (tertiary alicyclic amines) is 1. The average molecular weight is 306 g/mol. The minimum atomic E-state index is -0.554. The van der Waals surface area contributed by atoms with Crippen molar-refractivity contribution in [2.75, 3.05) is 26.8 Å². The summed E-state index contributed by atoms with van der Waals surface area (Å²) < 4.78 is 10.00. The summed E-state index contributed by atoms with van der Waals surface area (Å²) in [6.45, 7) is 5.48. The molecule has 1 amide bonds. The summed E-state index contributed by atoms with van der Waals surface area (Å²) in [7, 11) is 1.50. The molecule has 0 N–H and O–H groups in total. The van der Waals surface area contributed by atoms with Gasteiger partial charge in [-0.3, -0.25) is 4.79 Å². The highest BCUT2D eigenvalue weighted by Crippen LogP contribution is 2.21. The summed E-state index contributed by atoms with van der Waals surface area (Å²) in [4.78, 5) is 29.7. The number of carbonyl (C=O) groups excluding carboxylic acids is 2. The van der Waals surface area contributed by atoms with Crippen LogP contribution in [-0.4, -0.2) is 48.6 Å². The highest BCUT2D eigenvalue weighted by molar-refractivity contribution is 5.91. The maximum Gasteiger partial charge on any atom is 0.340 e. The molecule has 6 heteroatoms. The molecule has 1 aromatic rings. The van der Waals surface area contributed by atoms with Gasteiger partial charge in [-0.2, -0.15) is 0 Å². The predicted molar refractivity (Wildman–Crippen MR) is 80.6 cm³/mol. The van der Waals surface area contributed by atoms with Gasteiger partial charge in [-0.1, -0.05) is 13.8 Å². The third-order valence-corrected chi connectivity index (χ3v) is 3.73. The van der Waals surface area contributed by atoms with Crippen LogP contribution >= 0.6 is 0 Å².